The highest BCUT2D eigenvalue weighted by molar-refractivity contribution is 9.12. The molecule has 0 spiro atoms. The average molecular weight is 549 g/mol. The Labute approximate surface area is 196 Å². The molecule has 4 atom stereocenters. The minimum atomic E-state index is -0.646. The van der Waals surface area contributed by atoms with E-state index in [9.17, 15) is 19.2 Å². The molecule has 2 aromatic carbocycles. The van der Waals surface area contributed by atoms with Crippen molar-refractivity contribution in [3.8, 4) is 0 Å². The lowest BCUT2D eigenvalue weighted by Crippen LogP contribution is -2.34. The maximum Gasteiger partial charge on any atom is 0.338 e. The molecular formula is C23H19Br2NO5. The van der Waals surface area contributed by atoms with Gasteiger partial charge in [0.25, 0.3) is 0 Å². The van der Waals surface area contributed by atoms with Crippen LogP contribution in [0.2, 0.25) is 0 Å². The van der Waals surface area contributed by atoms with Crippen LogP contribution in [0.1, 0.15) is 33.6 Å². The Bertz CT molecular complexity index is 996. The molecule has 1 heterocycles. The number of hydrogen-bond acceptors (Lipinski definition) is 5. The van der Waals surface area contributed by atoms with Gasteiger partial charge in [-0.25, -0.2) is 4.79 Å². The first-order chi connectivity index (χ1) is 14.9. The van der Waals surface area contributed by atoms with Crippen molar-refractivity contribution in [2.45, 2.75) is 22.5 Å². The molecule has 160 valence electrons. The van der Waals surface area contributed by atoms with E-state index in [0.29, 0.717) is 24.1 Å². The monoisotopic (exact) mass is 547 g/mol. The van der Waals surface area contributed by atoms with Crippen LogP contribution in [0, 0.1) is 11.8 Å². The van der Waals surface area contributed by atoms with Crippen molar-refractivity contribution in [2.24, 2.45) is 11.8 Å². The summed E-state index contributed by atoms with van der Waals surface area (Å²) >= 11 is 7.15. The molecule has 1 aliphatic carbocycles. The predicted molar refractivity (Wildman–Crippen MR) is 122 cm³/mol. The number of hydrogen-bond donors (Lipinski definition) is 0. The van der Waals surface area contributed by atoms with Crippen LogP contribution in [0.15, 0.2) is 54.6 Å². The van der Waals surface area contributed by atoms with E-state index < -0.39 is 5.97 Å². The van der Waals surface area contributed by atoms with Crippen molar-refractivity contribution >= 4 is 61.1 Å². The third kappa shape index (κ3) is 4.36. The maximum absolute atomic E-state index is 12.9. The van der Waals surface area contributed by atoms with Crippen LogP contribution >= 0.6 is 31.9 Å². The van der Waals surface area contributed by atoms with E-state index in [0.717, 1.165) is 0 Å². The number of anilines is 1. The second kappa shape index (κ2) is 9.04. The van der Waals surface area contributed by atoms with Gasteiger partial charge in [-0.3, -0.25) is 19.3 Å². The van der Waals surface area contributed by atoms with Gasteiger partial charge < -0.3 is 4.74 Å². The number of benzene rings is 2. The van der Waals surface area contributed by atoms with Gasteiger partial charge in [-0.2, -0.15) is 0 Å². The SMILES string of the molecule is O=C(COC(=O)c1ccc(N2C(=O)[C@@H]3C[C@@H](Br)[C@@H](Br)C[C@H]3C2=O)cc1)c1ccccc1. The third-order valence-electron chi connectivity index (χ3n) is 5.70. The molecule has 2 fully saturated rings. The van der Waals surface area contributed by atoms with Gasteiger partial charge in [-0.15, -0.1) is 0 Å². The second-order valence-electron chi connectivity index (χ2n) is 7.64. The van der Waals surface area contributed by atoms with Gasteiger partial charge >= 0.3 is 5.97 Å². The van der Waals surface area contributed by atoms with Gasteiger partial charge in [0.15, 0.2) is 12.4 Å². The Morgan fingerprint density at radius 1 is 0.839 bits per heavy atom. The van der Waals surface area contributed by atoms with Crippen LogP contribution in [-0.2, 0) is 14.3 Å². The molecule has 2 aliphatic rings. The number of ketones is 1. The number of carbonyl (C=O) groups excluding carboxylic acids is 4. The zero-order chi connectivity index (χ0) is 22.1. The Morgan fingerprint density at radius 3 is 1.94 bits per heavy atom. The molecule has 0 bridgehead atoms. The lowest BCUT2D eigenvalue weighted by molar-refractivity contribution is -0.122. The fourth-order valence-corrected chi connectivity index (χ4v) is 5.26. The second-order valence-corrected chi connectivity index (χ2v) is 9.99. The van der Waals surface area contributed by atoms with Crippen LogP contribution in [-0.4, -0.2) is 39.8 Å². The zero-order valence-electron chi connectivity index (χ0n) is 16.4. The van der Waals surface area contributed by atoms with E-state index in [-0.39, 0.29) is 51.3 Å². The standard InChI is InChI=1S/C23H19Br2NO5/c24-18-10-16-17(11-19(18)25)22(29)26(21(16)28)15-8-6-14(7-9-15)23(30)31-12-20(27)13-4-2-1-3-5-13/h1-9,16-19H,10-12H2/t16-,17-,18-,19+/m1/s1. The van der Waals surface area contributed by atoms with E-state index in [1.54, 1.807) is 42.5 Å². The molecule has 0 N–H and O–H groups in total. The summed E-state index contributed by atoms with van der Waals surface area (Å²) in [6.07, 6.45) is 1.20. The van der Waals surface area contributed by atoms with Crippen LogP contribution < -0.4 is 4.90 Å². The summed E-state index contributed by atoms with van der Waals surface area (Å²) in [5.74, 6) is -2.02. The van der Waals surface area contributed by atoms with E-state index in [2.05, 4.69) is 31.9 Å². The molecule has 2 amide bonds. The Balaban J connectivity index is 1.42. The Morgan fingerprint density at radius 2 is 1.39 bits per heavy atom. The number of amides is 2. The van der Waals surface area contributed by atoms with Crippen molar-refractivity contribution in [3.05, 3.63) is 65.7 Å². The van der Waals surface area contributed by atoms with Gasteiger partial charge in [0, 0.05) is 15.2 Å². The summed E-state index contributed by atoms with van der Waals surface area (Å²) in [6.45, 7) is -0.363. The fraction of sp³-hybridized carbons (Fsp3) is 0.304. The Hall–Kier alpha value is -2.32. The number of esters is 1. The number of halogens is 2. The first kappa shape index (κ1) is 21.9. The quantitative estimate of drug-likeness (QED) is 0.243. The van der Waals surface area contributed by atoms with Crippen LogP contribution in [0.25, 0.3) is 0 Å². The van der Waals surface area contributed by atoms with Gasteiger partial charge in [-0.1, -0.05) is 62.2 Å². The first-order valence-corrected chi connectivity index (χ1v) is 11.7. The number of rotatable bonds is 5. The van der Waals surface area contributed by atoms with Crippen molar-refractivity contribution in [2.75, 3.05) is 11.5 Å². The number of nitrogens with zero attached hydrogens (tertiary/aromatic N) is 1. The lowest BCUT2D eigenvalue weighted by atomic mass is 9.81. The lowest BCUT2D eigenvalue weighted by Gasteiger charge is -2.29. The highest BCUT2D eigenvalue weighted by Gasteiger charge is 2.52. The van der Waals surface area contributed by atoms with Crippen molar-refractivity contribution in [3.63, 3.8) is 0 Å². The summed E-state index contributed by atoms with van der Waals surface area (Å²) in [5.41, 5.74) is 1.13. The molecule has 4 rings (SSSR count). The molecule has 8 heteroatoms. The fourth-order valence-electron chi connectivity index (χ4n) is 4.02. The normalized spacial score (nSPS) is 25.3. The summed E-state index contributed by atoms with van der Waals surface area (Å²) in [5, 5.41) is 0. The zero-order valence-corrected chi connectivity index (χ0v) is 19.5. The molecule has 2 aromatic rings. The molecule has 6 nitrogen and oxygen atoms in total. The maximum atomic E-state index is 12.9. The van der Waals surface area contributed by atoms with Gasteiger partial charge in [0.1, 0.15) is 0 Å². The minimum absolute atomic E-state index is 0.140. The molecule has 1 saturated heterocycles. The molecule has 0 radical (unpaired) electrons. The average Bonchev–Trinajstić information content (AvgIpc) is 3.02. The summed E-state index contributed by atoms with van der Waals surface area (Å²) in [4.78, 5) is 51.6. The van der Waals surface area contributed by atoms with Crippen molar-refractivity contribution in [1.29, 1.82) is 0 Å². The number of carbonyl (C=O) groups is 4. The summed E-state index contributed by atoms with van der Waals surface area (Å²) in [7, 11) is 0. The van der Waals surface area contributed by atoms with Crippen LogP contribution in [0.4, 0.5) is 5.69 Å². The topological polar surface area (TPSA) is 80.8 Å². The van der Waals surface area contributed by atoms with Crippen molar-refractivity contribution < 1.29 is 23.9 Å². The minimum Gasteiger partial charge on any atom is -0.454 e. The van der Waals surface area contributed by atoms with Crippen LogP contribution in [0.3, 0.4) is 0 Å². The van der Waals surface area contributed by atoms with Crippen LogP contribution in [0.5, 0.6) is 0 Å². The third-order valence-corrected chi connectivity index (χ3v) is 8.44. The number of ether oxygens (including phenoxy) is 1. The van der Waals surface area contributed by atoms with E-state index in [1.165, 1.54) is 17.0 Å². The number of imide groups is 1. The number of alkyl halides is 2. The van der Waals surface area contributed by atoms with E-state index >= 15 is 0 Å². The molecule has 1 aliphatic heterocycles. The highest BCUT2D eigenvalue weighted by atomic mass is 79.9. The van der Waals surface area contributed by atoms with Gasteiger partial charge in [0.2, 0.25) is 11.8 Å². The van der Waals surface area contributed by atoms with E-state index in [4.69, 9.17) is 4.74 Å². The number of Topliss-reactive ketones (excluding diaryl/α,β-unsaturated/α-hetero) is 1. The first-order valence-electron chi connectivity index (χ1n) is 9.88. The molecule has 31 heavy (non-hydrogen) atoms. The summed E-state index contributed by atoms with van der Waals surface area (Å²) < 4.78 is 5.11. The Kier molecular flexibility index (Phi) is 6.39. The molecule has 1 saturated carbocycles. The predicted octanol–water partition coefficient (Wildman–Crippen LogP) is 4.15. The molecule has 0 unspecified atom stereocenters. The highest BCUT2D eigenvalue weighted by Crippen LogP contribution is 2.44. The molecule has 0 aromatic heterocycles. The smallest absolute Gasteiger partial charge is 0.338 e. The van der Waals surface area contributed by atoms with E-state index in [1.807, 2.05) is 0 Å². The molecular weight excluding hydrogens is 530 g/mol. The van der Waals surface area contributed by atoms with Gasteiger partial charge in [-0.05, 0) is 37.1 Å². The number of fused-ring (bicyclic) bond motifs is 1. The van der Waals surface area contributed by atoms with Gasteiger partial charge in [0.05, 0.1) is 23.1 Å². The largest absolute Gasteiger partial charge is 0.454 e. The summed E-state index contributed by atoms with van der Waals surface area (Å²) in [6, 6.07) is 14.7. The van der Waals surface area contributed by atoms with Crippen molar-refractivity contribution in [1.82, 2.24) is 0 Å².